The Morgan fingerprint density at radius 3 is 2.53 bits per heavy atom. The van der Waals surface area contributed by atoms with Crippen molar-refractivity contribution in [3.8, 4) is 6.07 Å². The summed E-state index contributed by atoms with van der Waals surface area (Å²) in [4.78, 5) is 15.1. The Bertz CT molecular complexity index is 1130. The summed E-state index contributed by atoms with van der Waals surface area (Å²) >= 11 is 0. The van der Waals surface area contributed by atoms with Crippen LogP contribution in [0.4, 0.5) is 5.69 Å². The molecule has 0 unspecified atom stereocenters. The van der Waals surface area contributed by atoms with Crippen molar-refractivity contribution in [1.82, 2.24) is 4.90 Å². The number of carbonyl (C=O) groups excluding carboxylic acids is 1. The normalized spacial score (nSPS) is 14.1. The van der Waals surface area contributed by atoms with Crippen LogP contribution < -0.4 is 11.1 Å². The number of amides is 1. The Morgan fingerprint density at radius 1 is 1.00 bits per heavy atom. The highest BCUT2D eigenvalue weighted by Gasteiger charge is 2.24. The summed E-state index contributed by atoms with van der Waals surface area (Å²) < 4.78 is 0. The van der Waals surface area contributed by atoms with Gasteiger partial charge in [0.15, 0.2) is 0 Å². The summed E-state index contributed by atoms with van der Waals surface area (Å²) in [6.45, 7) is 2.67. The summed E-state index contributed by atoms with van der Waals surface area (Å²) in [6, 6.07) is 25.8. The predicted molar refractivity (Wildman–Crippen MR) is 127 cm³/mol. The number of rotatable bonds is 6. The molecule has 0 aromatic heterocycles. The zero-order valence-corrected chi connectivity index (χ0v) is 18.1. The molecule has 0 atom stereocenters. The van der Waals surface area contributed by atoms with Gasteiger partial charge in [0.1, 0.15) is 0 Å². The van der Waals surface area contributed by atoms with E-state index in [9.17, 15) is 4.79 Å². The number of anilines is 1. The van der Waals surface area contributed by atoms with Crippen LogP contribution >= 0.6 is 0 Å². The number of carbonyl (C=O) groups is 1. The van der Waals surface area contributed by atoms with Gasteiger partial charge in [-0.25, -0.2) is 0 Å². The van der Waals surface area contributed by atoms with Crippen LogP contribution in [-0.2, 0) is 13.1 Å². The molecule has 1 heterocycles. The third-order valence-electron chi connectivity index (χ3n) is 6.10. The molecule has 1 aliphatic heterocycles. The number of hydrogen-bond donors (Lipinski definition) is 2. The first-order chi connectivity index (χ1) is 15.7. The van der Waals surface area contributed by atoms with E-state index in [0.29, 0.717) is 30.1 Å². The lowest BCUT2D eigenvalue weighted by atomic mass is 9.88. The average molecular weight is 425 g/mol. The summed E-state index contributed by atoms with van der Waals surface area (Å²) in [6.07, 6.45) is 1.93. The highest BCUT2D eigenvalue weighted by Crippen LogP contribution is 2.29. The van der Waals surface area contributed by atoms with Gasteiger partial charge in [-0.15, -0.1) is 0 Å². The average Bonchev–Trinajstić information content (AvgIpc) is 2.87. The molecule has 0 saturated carbocycles. The molecule has 5 nitrogen and oxygen atoms in total. The molecule has 4 rings (SSSR count). The van der Waals surface area contributed by atoms with E-state index >= 15 is 0 Å². The van der Waals surface area contributed by atoms with Crippen LogP contribution in [-0.4, -0.2) is 23.9 Å². The second-order valence-electron chi connectivity index (χ2n) is 8.26. The fourth-order valence-corrected chi connectivity index (χ4v) is 4.29. The predicted octanol–water partition coefficient (Wildman–Crippen LogP) is 4.65. The first-order valence-electron chi connectivity index (χ1n) is 11.1. The van der Waals surface area contributed by atoms with Gasteiger partial charge in [0.25, 0.3) is 5.91 Å². The molecule has 3 aromatic carbocycles. The number of piperidine rings is 1. The van der Waals surface area contributed by atoms with E-state index in [-0.39, 0.29) is 5.91 Å². The smallest absolute Gasteiger partial charge is 0.253 e. The Morgan fingerprint density at radius 2 is 1.75 bits per heavy atom. The topological polar surface area (TPSA) is 82.2 Å². The third-order valence-corrected chi connectivity index (χ3v) is 6.10. The van der Waals surface area contributed by atoms with Crippen molar-refractivity contribution in [3.05, 3.63) is 101 Å². The zero-order valence-electron chi connectivity index (χ0n) is 18.1. The molecular formula is C27H28N4O. The van der Waals surface area contributed by atoms with Gasteiger partial charge in [-0.3, -0.25) is 4.79 Å². The largest absolute Gasteiger partial charge is 0.381 e. The second kappa shape index (κ2) is 10.1. The molecule has 1 fully saturated rings. The molecular weight excluding hydrogens is 396 g/mol. The SMILES string of the molecule is N#Cc1cccc(CNc2cccc(C(=O)N3CCC(c4cccc(CN)c4)CC3)c2)c1. The van der Waals surface area contributed by atoms with E-state index in [4.69, 9.17) is 11.0 Å². The lowest BCUT2D eigenvalue weighted by Gasteiger charge is -2.32. The van der Waals surface area contributed by atoms with Crippen LogP contribution in [0.2, 0.25) is 0 Å². The van der Waals surface area contributed by atoms with E-state index in [1.807, 2.05) is 47.4 Å². The van der Waals surface area contributed by atoms with Crippen molar-refractivity contribution in [3.63, 3.8) is 0 Å². The summed E-state index contributed by atoms with van der Waals surface area (Å²) in [5.41, 5.74) is 11.5. The standard InChI is InChI=1S/C27H28N4O/c28-17-20-4-1-6-22(14-20)19-30-26-9-3-8-25(16-26)27(32)31-12-10-23(11-13-31)24-7-2-5-21(15-24)18-29/h1-9,14-16,23,30H,10-13,18-19,29H2. The summed E-state index contributed by atoms with van der Waals surface area (Å²) in [5.74, 6) is 0.553. The zero-order chi connectivity index (χ0) is 22.3. The molecule has 0 aliphatic carbocycles. The maximum atomic E-state index is 13.1. The highest BCUT2D eigenvalue weighted by molar-refractivity contribution is 5.95. The van der Waals surface area contributed by atoms with Crippen LogP contribution in [0.5, 0.6) is 0 Å². The van der Waals surface area contributed by atoms with E-state index in [2.05, 4.69) is 35.7 Å². The second-order valence-corrected chi connectivity index (χ2v) is 8.26. The maximum Gasteiger partial charge on any atom is 0.253 e. The molecule has 1 amide bonds. The van der Waals surface area contributed by atoms with Crippen LogP contribution in [0.1, 0.15) is 51.4 Å². The number of nitrogens with two attached hydrogens (primary N) is 1. The van der Waals surface area contributed by atoms with Crippen LogP contribution in [0.3, 0.4) is 0 Å². The first kappa shape index (κ1) is 21.6. The summed E-state index contributed by atoms with van der Waals surface area (Å²) in [7, 11) is 0. The van der Waals surface area contributed by atoms with Gasteiger partial charge in [-0.2, -0.15) is 5.26 Å². The fraction of sp³-hybridized carbons (Fsp3) is 0.259. The van der Waals surface area contributed by atoms with Crippen molar-refractivity contribution in [2.45, 2.75) is 31.8 Å². The van der Waals surface area contributed by atoms with Crippen LogP contribution in [0.15, 0.2) is 72.8 Å². The molecule has 0 spiro atoms. The Kier molecular flexibility index (Phi) is 6.84. The minimum absolute atomic E-state index is 0.0780. The number of nitrogens with one attached hydrogen (secondary N) is 1. The van der Waals surface area contributed by atoms with Gasteiger partial charge in [0.05, 0.1) is 11.6 Å². The van der Waals surface area contributed by atoms with Crippen molar-refractivity contribution in [2.75, 3.05) is 18.4 Å². The summed E-state index contributed by atoms with van der Waals surface area (Å²) in [5, 5.41) is 12.4. The van der Waals surface area contributed by atoms with Gasteiger partial charge in [0, 0.05) is 37.4 Å². The van der Waals surface area contributed by atoms with E-state index < -0.39 is 0 Å². The molecule has 3 aromatic rings. The molecule has 0 bridgehead atoms. The van der Waals surface area contributed by atoms with E-state index in [0.717, 1.165) is 42.7 Å². The Hall–Kier alpha value is -3.62. The Labute approximate surface area is 189 Å². The fourth-order valence-electron chi connectivity index (χ4n) is 4.29. The number of hydrogen-bond acceptors (Lipinski definition) is 4. The van der Waals surface area contributed by atoms with Crippen LogP contribution in [0.25, 0.3) is 0 Å². The quantitative estimate of drug-likeness (QED) is 0.603. The van der Waals surface area contributed by atoms with Crippen molar-refractivity contribution in [1.29, 1.82) is 5.26 Å². The van der Waals surface area contributed by atoms with Gasteiger partial charge >= 0.3 is 0 Å². The van der Waals surface area contributed by atoms with Crippen molar-refractivity contribution < 1.29 is 4.79 Å². The monoisotopic (exact) mass is 424 g/mol. The lowest BCUT2D eigenvalue weighted by Crippen LogP contribution is -2.37. The van der Waals surface area contributed by atoms with Crippen molar-refractivity contribution >= 4 is 11.6 Å². The van der Waals surface area contributed by atoms with E-state index in [1.165, 1.54) is 5.56 Å². The van der Waals surface area contributed by atoms with Gasteiger partial charge in [-0.05, 0) is 65.8 Å². The number of nitrogens with zero attached hydrogens (tertiary/aromatic N) is 2. The molecule has 5 heteroatoms. The van der Waals surface area contributed by atoms with Crippen molar-refractivity contribution in [2.24, 2.45) is 5.73 Å². The highest BCUT2D eigenvalue weighted by atomic mass is 16.2. The molecule has 32 heavy (non-hydrogen) atoms. The minimum atomic E-state index is 0.0780. The third kappa shape index (κ3) is 5.16. The lowest BCUT2D eigenvalue weighted by molar-refractivity contribution is 0.0713. The van der Waals surface area contributed by atoms with E-state index in [1.54, 1.807) is 6.07 Å². The van der Waals surface area contributed by atoms with Gasteiger partial charge < -0.3 is 16.0 Å². The van der Waals surface area contributed by atoms with Crippen LogP contribution in [0, 0.1) is 11.3 Å². The number of likely N-dealkylation sites (tertiary alicyclic amines) is 1. The number of benzene rings is 3. The minimum Gasteiger partial charge on any atom is -0.381 e. The Balaban J connectivity index is 1.36. The van der Waals surface area contributed by atoms with Gasteiger partial charge in [0.2, 0.25) is 0 Å². The molecule has 3 N–H and O–H groups in total. The maximum absolute atomic E-state index is 13.1. The molecule has 162 valence electrons. The molecule has 0 radical (unpaired) electrons. The first-order valence-corrected chi connectivity index (χ1v) is 11.1. The number of nitriles is 1. The molecule has 1 saturated heterocycles. The van der Waals surface area contributed by atoms with Gasteiger partial charge in [-0.1, -0.05) is 42.5 Å². The molecule has 1 aliphatic rings.